The molecule has 0 atom stereocenters. The second-order valence-corrected chi connectivity index (χ2v) is 11.2. The van der Waals surface area contributed by atoms with E-state index < -0.39 is 0 Å². The van der Waals surface area contributed by atoms with Crippen LogP contribution in [0.25, 0.3) is 0 Å². The number of ether oxygens (including phenoxy) is 3. The third-order valence-electron chi connectivity index (χ3n) is 7.85. The maximum absolute atomic E-state index is 13.6. The Morgan fingerprint density at radius 2 is 1.61 bits per heavy atom. The van der Waals surface area contributed by atoms with Crippen molar-refractivity contribution in [2.45, 2.75) is 64.4 Å². The van der Waals surface area contributed by atoms with Crippen LogP contribution in [-0.2, 0) is 27.4 Å². The zero-order chi connectivity index (χ0) is 26.5. The molecule has 5 rings (SSSR count). The van der Waals surface area contributed by atoms with Crippen LogP contribution >= 0.6 is 0 Å². The van der Waals surface area contributed by atoms with Crippen LogP contribution < -0.4 is 4.74 Å². The number of hydrogen-bond acceptors (Lipinski definition) is 6. The molecule has 0 aromatic heterocycles. The van der Waals surface area contributed by atoms with E-state index in [4.69, 9.17) is 14.2 Å². The van der Waals surface area contributed by atoms with Crippen LogP contribution in [0.5, 0.6) is 5.75 Å². The van der Waals surface area contributed by atoms with Gasteiger partial charge >= 0.3 is 0 Å². The minimum Gasteiger partial charge on any atom is -0.493 e. The predicted molar refractivity (Wildman–Crippen MR) is 143 cm³/mol. The molecule has 1 amide bonds. The molecule has 2 aromatic carbocycles. The Labute approximate surface area is 225 Å². The summed E-state index contributed by atoms with van der Waals surface area (Å²) in [5, 5.41) is 4.19. The van der Waals surface area contributed by atoms with Crippen LogP contribution in [0, 0.1) is 11.7 Å². The molecule has 1 spiro atoms. The van der Waals surface area contributed by atoms with Crippen molar-refractivity contribution in [3.05, 3.63) is 65.5 Å². The van der Waals surface area contributed by atoms with Gasteiger partial charge in [-0.15, -0.1) is 0 Å². The van der Waals surface area contributed by atoms with Gasteiger partial charge in [0, 0.05) is 25.9 Å². The van der Waals surface area contributed by atoms with Crippen molar-refractivity contribution in [1.82, 2.24) is 14.9 Å². The van der Waals surface area contributed by atoms with E-state index in [1.807, 2.05) is 41.4 Å². The topological polar surface area (TPSA) is 54.5 Å². The maximum atomic E-state index is 13.6. The molecule has 0 N–H and O–H groups in total. The number of carbonyl (C=O) groups is 1. The van der Waals surface area contributed by atoms with Crippen molar-refractivity contribution in [1.29, 1.82) is 0 Å². The summed E-state index contributed by atoms with van der Waals surface area (Å²) in [6, 6.07) is 14.7. The molecule has 8 heteroatoms. The van der Waals surface area contributed by atoms with Gasteiger partial charge in [-0.2, -0.15) is 0 Å². The quantitative estimate of drug-likeness (QED) is 0.452. The Kier molecular flexibility index (Phi) is 8.63. The van der Waals surface area contributed by atoms with E-state index in [0.717, 1.165) is 55.8 Å². The van der Waals surface area contributed by atoms with Crippen LogP contribution in [0.2, 0.25) is 0 Å². The summed E-state index contributed by atoms with van der Waals surface area (Å²) in [4.78, 5) is 15.9. The number of halogens is 1. The fourth-order valence-electron chi connectivity index (χ4n) is 5.66. The lowest BCUT2D eigenvalue weighted by Crippen LogP contribution is -2.55. The fourth-order valence-corrected chi connectivity index (χ4v) is 5.66. The monoisotopic (exact) mass is 525 g/mol. The SMILES string of the molecule is CC(C)COc1ccc(CN2C(=O)CC3(CCN(CCC4OCCO4)CC3)N2Cc2ccc(F)cc2)cc1. The first kappa shape index (κ1) is 27.1. The lowest BCUT2D eigenvalue weighted by Gasteiger charge is -2.46. The number of hydrogen-bond donors (Lipinski definition) is 0. The van der Waals surface area contributed by atoms with Crippen molar-refractivity contribution >= 4 is 5.91 Å². The maximum Gasteiger partial charge on any atom is 0.239 e. The number of likely N-dealkylation sites (tertiary alicyclic amines) is 1. The van der Waals surface area contributed by atoms with Gasteiger partial charge in [0.25, 0.3) is 0 Å². The molecule has 0 aliphatic carbocycles. The minimum atomic E-state index is -0.249. The van der Waals surface area contributed by atoms with Gasteiger partial charge in [0.05, 0.1) is 31.9 Å². The Balaban J connectivity index is 1.28. The first-order chi connectivity index (χ1) is 18.4. The van der Waals surface area contributed by atoms with Crippen molar-refractivity contribution in [3.63, 3.8) is 0 Å². The molecule has 0 saturated carbocycles. The van der Waals surface area contributed by atoms with Crippen LogP contribution in [0.1, 0.15) is 50.7 Å². The van der Waals surface area contributed by atoms with Crippen LogP contribution in [-0.4, -0.2) is 72.1 Å². The number of nitrogens with zero attached hydrogens (tertiary/aromatic N) is 3. The zero-order valence-electron chi connectivity index (χ0n) is 22.6. The summed E-state index contributed by atoms with van der Waals surface area (Å²) < 4.78 is 30.7. The van der Waals surface area contributed by atoms with Crippen LogP contribution in [0.4, 0.5) is 4.39 Å². The van der Waals surface area contributed by atoms with Gasteiger partial charge < -0.3 is 19.1 Å². The molecule has 3 aliphatic rings. The summed E-state index contributed by atoms with van der Waals surface area (Å²) in [5.74, 6) is 1.20. The van der Waals surface area contributed by atoms with Crippen LogP contribution in [0.15, 0.2) is 48.5 Å². The molecule has 0 bridgehead atoms. The van der Waals surface area contributed by atoms with E-state index in [1.165, 1.54) is 12.1 Å². The summed E-state index contributed by atoms with van der Waals surface area (Å²) >= 11 is 0. The summed E-state index contributed by atoms with van der Waals surface area (Å²) in [6.07, 6.45) is 3.10. The predicted octanol–water partition coefficient (Wildman–Crippen LogP) is 4.61. The van der Waals surface area contributed by atoms with E-state index in [9.17, 15) is 9.18 Å². The lowest BCUT2D eigenvalue weighted by molar-refractivity contribution is -0.146. The molecule has 3 heterocycles. The first-order valence-corrected chi connectivity index (χ1v) is 13.9. The second-order valence-electron chi connectivity index (χ2n) is 11.2. The van der Waals surface area contributed by atoms with Gasteiger partial charge in [-0.1, -0.05) is 38.1 Å². The van der Waals surface area contributed by atoms with Gasteiger partial charge in [0.1, 0.15) is 11.6 Å². The number of hydrazine groups is 1. The van der Waals surface area contributed by atoms with Gasteiger partial charge in [0.2, 0.25) is 5.91 Å². The highest BCUT2D eigenvalue weighted by Crippen LogP contribution is 2.41. The Morgan fingerprint density at radius 3 is 2.26 bits per heavy atom. The number of amides is 1. The molecule has 206 valence electrons. The zero-order valence-corrected chi connectivity index (χ0v) is 22.6. The Bertz CT molecular complexity index is 1050. The number of piperidine rings is 1. The molecule has 0 unspecified atom stereocenters. The standard InChI is InChI=1S/C30H40FN3O4/c1-23(2)22-38-27-9-5-24(6-10-27)20-33-28(35)19-30(34(33)21-25-3-7-26(31)8-4-25)12-15-32(16-13-30)14-11-29-36-17-18-37-29/h3-10,23,29H,11-22H2,1-2H3. The van der Waals surface area contributed by atoms with Gasteiger partial charge in [-0.3, -0.25) is 9.80 Å². The van der Waals surface area contributed by atoms with Crippen molar-refractivity contribution in [3.8, 4) is 5.75 Å². The molecule has 0 radical (unpaired) electrons. The molecule has 2 aromatic rings. The highest BCUT2D eigenvalue weighted by atomic mass is 19.1. The minimum absolute atomic E-state index is 0.0911. The molecular formula is C30H40FN3O4. The molecule has 3 fully saturated rings. The largest absolute Gasteiger partial charge is 0.493 e. The smallest absolute Gasteiger partial charge is 0.239 e. The first-order valence-electron chi connectivity index (χ1n) is 13.9. The van der Waals surface area contributed by atoms with E-state index in [1.54, 1.807) is 0 Å². The van der Waals surface area contributed by atoms with E-state index in [2.05, 4.69) is 23.8 Å². The van der Waals surface area contributed by atoms with Crippen molar-refractivity contribution in [2.24, 2.45) is 5.92 Å². The molecule has 7 nitrogen and oxygen atoms in total. The van der Waals surface area contributed by atoms with Crippen molar-refractivity contribution in [2.75, 3.05) is 39.5 Å². The summed E-state index contributed by atoms with van der Waals surface area (Å²) in [6.45, 7) is 10.2. The second kappa shape index (κ2) is 12.1. The number of benzene rings is 2. The number of carbonyl (C=O) groups excluding carboxylic acids is 1. The molecular weight excluding hydrogens is 485 g/mol. The summed E-state index contributed by atoms with van der Waals surface area (Å²) in [7, 11) is 0. The third kappa shape index (κ3) is 6.54. The highest BCUT2D eigenvalue weighted by Gasteiger charge is 2.51. The van der Waals surface area contributed by atoms with Gasteiger partial charge in [-0.05, 0) is 67.2 Å². The molecule has 3 saturated heterocycles. The van der Waals surface area contributed by atoms with Crippen molar-refractivity contribution < 1.29 is 23.4 Å². The molecule has 3 aliphatic heterocycles. The fraction of sp³-hybridized carbons (Fsp3) is 0.567. The van der Waals surface area contributed by atoms with E-state index >= 15 is 0 Å². The highest BCUT2D eigenvalue weighted by molar-refractivity contribution is 5.79. The van der Waals surface area contributed by atoms with E-state index in [-0.39, 0.29) is 23.6 Å². The van der Waals surface area contributed by atoms with E-state index in [0.29, 0.717) is 45.2 Å². The third-order valence-corrected chi connectivity index (χ3v) is 7.85. The average molecular weight is 526 g/mol. The van der Waals surface area contributed by atoms with Gasteiger partial charge in [-0.25, -0.2) is 9.40 Å². The lowest BCUT2D eigenvalue weighted by atomic mass is 9.84. The Hall–Kier alpha value is -2.52. The average Bonchev–Trinajstić information content (AvgIpc) is 3.52. The normalized spacial score (nSPS) is 20.7. The van der Waals surface area contributed by atoms with Crippen LogP contribution in [0.3, 0.4) is 0 Å². The summed E-state index contributed by atoms with van der Waals surface area (Å²) in [5.41, 5.74) is 1.83. The Morgan fingerprint density at radius 1 is 0.974 bits per heavy atom. The molecule has 38 heavy (non-hydrogen) atoms. The van der Waals surface area contributed by atoms with Gasteiger partial charge in [0.15, 0.2) is 6.29 Å². The number of rotatable bonds is 10.